The zero-order valence-electron chi connectivity index (χ0n) is 17.6. The van der Waals surface area contributed by atoms with Crippen LogP contribution in [0.5, 0.6) is 0 Å². The van der Waals surface area contributed by atoms with Gasteiger partial charge in [-0.3, -0.25) is 19.2 Å². The van der Waals surface area contributed by atoms with Gasteiger partial charge in [-0.25, -0.2) is 9.97 Å². The maximum atomic E-state index is 12.9. The van der Waals surface area contributed by atoms with E-state index in [1.54, 1.807) is 30.1 Å². The molecule has 10 heteroatoms. The van der Waals surface area contributed by atoms with Crippen molar-refractivity contribution in [1.82, 2.24) is 9.97 Å². The van der Waals surface area contributed by atoms with Crippen LogP contribution in [-0.4, -0.2) is 45.2 Å². The fraction of sp³-hybridized carbons (Fsp3) is 0.545. The molecule has 4 rings (SSSR count). The van der Waals surface area contributed by atoms with Gasteiger partial charge in [0.05, 0.1) is 5.41 Å². The number of rotatable bonds is 8. The van der Waals surface area contributed by atoms with Gasteiger partial charge in [0.1, 0.15) is 12.0 Å². The molecule has 0 bridgehead atoms. The molecule has 2 aliphatic carbocycles. The summed E-state index contributed by atoms with van der Waals surface area (Å²) in [4.78, 5) is 58.4. The van der Waals surface area contributed by atoms with Crippen LogP contribution in [0, 0.1) is 22.7 Å². The van der Waals surface area contributed by atoms with Crippen LogP contribution >= 0.6 is 22.7 Å². The Hall–Kier alpha value is -2.46. The summed E-state index contributed by atoms with van der Waals surface area (Å²) in [6.07, 6.45) is 5.36. The maximum Gasteiger partial charge on any atom is 0.313 e. The van der Waals surface area contributed by atoms with E-state index in [1.165, 1.54) is 22.7 Å². The molecule has 2 aromatic heterocycles. The molecule has 2 aromatic rings. The van der Waals surface area contributed by atoms with E-state index in [1.807, 2.05) is 0 Å². The number of aliphatic carboxylic acids is 1. The smallest absolute Gasteiger partial charge is 0.313 e. The molecule has 4 unspecified atom stereocenters. The lowest BCUT2D eigenvalue weighted by atomic mass is 9.84. The predicted molar refractivity (Wildman–Crippen MR) is 117 cm³/mol. The Morgan fingerprint density at radius 2 is 1.56 bits per heavy atom. The van der Waals surface area contributed by atoms with Gasteiger partial charge in [-0.05, 0) is 45.4 Å². The summed E-state index contributed by atoms with van der Waals surface area (Å²) in [6, 6.07) is 0. The monoisotopic (exact) mass is 476 g/mol. The van der Waals surface area contributed by atoms with Crippen LogP contribution in [0.3, 0.4) is 0 Å². The number of thiazole rings is 2. The van der Waals surface area contributed by atoms with E-state index in [0.717, 1.165) is 0 Å². The van der Waals surface area contributed by atoms with E-state index in [9.17, 15) is 24.3 Å². The first-order valence-electron chi connectivity index (χ1n) is 10.5. The number of ether oxygens (including phenoxy) is 1. The molecule has 0 saturated heterocycles. The second-order valence-corrected chi connectivity index (χ2v) is 10.8. The van der Waals surface area contributed by atoms with Crippen molar-refractivity contribution in [3.05, 3.63) is 33.2 Å². The Bertz CT molecular complexity index is 1020. The first-order valence-corrected chi connectivity index (χ1v) is 12.3. The third-order valence-electron chi connectivity index (χ3n) is 6.80. The summed E-state index contributed by atoms with van der Waals surface area (Å²) in [5.74, 6) is -2.49. The molecular formula is C22H24N2O6S2. The number of carboxylic acids is 1. The molecule has 32 heavy (non-hydrogen) atoms. The summed E-state index contributed by atoms with van der Waals surface area (Å²) in [5, 5.41) is 14.2. The largest absolute Gasteiger partial charge is 0.481 e. The molecule has 0 radical (unpaired) electrons. The number of hydrogen-bond acceptors (Lipinski definition) is 9. The highest BCUT2D eigenvalue weighted by molar-refractivity contribution is 7.11. The molecule has 2 heterocycles. The Balaban J connectivity index is 1.38. The van der Waals surface area contributed by atoms with E-state index in [4.69, 9.17) is 4.74 Å². The highest BCUT2D eigenvalue weighted by atomic mass is 32.1. The zero-order chi connectivity index (χ0) is 22.9. The lowest BCUT2D eigenvalue weighted by Crippen LogP contribution is -2.38. The van der Waals surface area contributed by atoms with Crippen LogP contribution < -0.4 is 0 Å². The number of carbonyl (C=O) groups is 4. The van der Waals surface area contributed by atoms with Gasteiger partial charge in [0.25, 0.3) is 0 Å². The number of esters is 1. The van der Waals surface area contributed by atoms with E-state index in [0.29, 0.717) is 35.7 Å². The highest BCUT2D eigenvalue weighted by Crippen LogP contribution is 2.46. The van der Waals surface area contributed by atoms with Crippen molar-refractivity contribution >= 4 is 46.2 Å². The summed E-state index contributed by atoms with van der Waals surface area (Å²) >= 11 is 2.52. The third kappa shape index (κ3) is 4.25. The fourth-order valence-electron chi connectivity index (χ4n) is 4.80. The standard InChI is InChI=1S/C22H24N2O6S2/c1-21(4-2-13(10-21)15(25)17-23-6-8-31-17)20(29)30-12-22(19(27)28)5-3-14(11-22)16(26)18-24-7-9-32-18/h6-9,13-14H,2-5,10-12H2,1H3,(H,27,28). The van der Waals surface area contributed by atoms with Crippen LogP contribution in [0.2, 0.25) is 0 Å². The second-order valence-electron chi connectivity index (χ2n) is 9.00. The van der Waals surface area contributed by atoms with Gasteiger partial charge in [-0.15, -0.1) is 22.7 Å². The van der Waals surface area contributed by atoms with Crippen molar-refractivity contribution in [3.63, 3.8) is 0 Å². The molecule has 8 nitrogen and oxygen atoms in total. The minimum atomic E-state index is -1.28. The Morgan fingerprint density at radius 3 is 2.09 bits per heavy atom. The van der Waals surface area contributed by atoms with Gasteiger partial charge in [0, 0.05) is 35.0 Å². The predicted octanol–water partition coefficient (Wildman–Crippen LogP) is 3.89. The van der Waals surface area contributed by atoms with Crippen LogP contribution in [0.1, 0.15) is 65.1 Å². The molecule has 4 atom stereocenters. The highest BCUT2D eigenvalue weighted by Gasteiger charge is 2.51. The SMILES string of the molecule is CC1(C(=O)OCC2(C(=O)O)CCC(C(=O)c3nccs3)C2)CCC(C(=O)c2nccs2)C1. The molecule has 0 amide bonds. The average molecular weight is 477 g/mol. The second kappa shape index (κ2) is 8.82. The van der Waals surface area contributed by atoms with E-state index in [-0.39, 0.29) is 36.9 Å². The van der Waals surface area contributed by atoms with E-state index < -0.39 is 28.7 Å². The quantitative estimate of drug-likeness (QED) is 0.450. The van der Waals surface area contributed by atoms with Crippen LogP contribution in [-0.2, 0) is 14.3 Å². The molecule has 0 aliphatic heterocycles. The number of Topliss-reactive ketones (excluding diaryl/α,β-unsaturated/α-hetero) is 2. The molecule has 2 saturated carbocycles. The Labute approximate surface area is 193 Å². The van der Waals surface area contributed by atoms with Crippen molar-refractivity contribution in [2.24, 2.45) is 22.7 Å². The number of hydrogen-bond donors (Lipinski definition) is 1. The van der Waals surface area contributed by atoms with E-state index in [2.05, 4.69) is 9.97 Å². The summed E-state index contributed by atoms with van der Waals surface area (Å²) in [7, 11) is 0. The van der Waals surface area contributed by atoms with Gasteiger partial charge in [-0.1, -0.05) is 0 Å². The van der Waals surface area contributed by atoms with Gasteiger partial charge in [0.15, 0.2) is 21.6 Å². The topological polar surface area (TPSA) is 124 Å². The lowest BCUT2D eigenvalue weighted by Gasteiger charge is -2.27. The van der Waals surface area contributed by atoms with Crippen LogP contribution in [0.15, 0.2) is 23.2 Å². The van der Waals surface area contributed by atoms with Gasteiger partial charge in [0.2, 0.25) is 0 Å². The first kappa shape index (κ1) is 22.7. The minimum Gasteiger partial charge on any atom is -0.481 e. The molecule has 170 valence electrons. The number of carboxylic acid groups (broad SMARTS) is 1. The zero-order valence-corrected chi connectivity index (χ0v) is 19.2. The molecular weight excluding hydrogens is 452 g/mol. The molecule has 1 N–H and O–H groups in total. The first-order chi connectivity index (χ1) is 15.2. The molecule has 2 aliphatic rings. The maximum absolute atomic E-state index is 12.9. The van der Waals surface area contributed by atoms with Crippen molar-refractivity contribution in [2.75, 3.05) is 6.61 Å². The van der Waals surface area contributed by atoms with E-state index >= 15 is 0 Å². The van der Waals surface area contributed by atoms with Gasteiger partial charge < -0.3 is 9.84 Å². The van der Waals surface area contributed by atoms with Gasteiger partial charge in [-0.2, -0.15) is 0 Å². The number of carbonyl (C=O) groups excluding carboxylic acids is 3. The number of nitrogens with zero attached hydrogens (tertiary/aromatic N) is 2. The Morgan fingerprint density at radius 1 is 1.00 bits per heavy atom. The molecule has 0 aromatic carbocycles. The fourth-order valence-corrected chi connectivity index (χ4v) is 6.11. The minimum absolute atomic E-state index is 0.0575. The number of ketones is 2. The summed E-state index contributed by atoms with van der Waals surface area (Å²) < 4.78 is 5.55. The van der Waals surface area contributed by atoms with Gasteiger partial charge >= 0.3 is 11.9 Å². The van der Waals surface area contributed by atoms with Crippen molar-refractivity contribution in [1.29, 1.82) is 0 Å². The van der Waals surface area contributed by atoms with Crippen molar-refractivity contribution < 1.29 is 29.0 Å². The Kier molecular flexibility index (Phi) is 6.26. The van der Waals surface area contributed by atoms with Crippen molar-refractivity contribution in [2.45, 2.75) is 45.4 Å². The van der Waals surface area contributed by atoms with Crippen LogP contribution in [0.25, 0.3) is 0 Å². The normalized spacial score (nSPS) is 29.7. The van der Waals surface area contributed by atoms with Crippen LogP contribution in [0.4, 0.5) is 0 Å². The average Bonchev–Trinajstić information content (AvgIpc) is 3.57. The summed E-state index contributed by atoms with van der Waals surface area (Å²) in [5.41, 5.74) is -2.12. The number of aromatic nitrogens is 2. The summed E-state index contributed by atoms with van der Waals surface area (Å²) in [6.45, 7) is 1.49. The lowest BCUT2D eigenvalue weighted by molar-refractivity contribution is -0.165. The molecule has 2 fully saturated rings. The van der Waals surface area contributed by atoms with Crippen molar-refractivity contribution in [3.8, 4) is 0 Å². The third-order valence-corrected chi connectivity index (χ3v) is 8.38. The molecule has 0 spiro atoms.